The maximum Gasteiger partial charge on any atom is 0.00988 e. The molecule has 3 heterocycles. The summed E-state index contributed by atoms with van der Waals surface area (Å²) in [5, 5.41) is 7.41. The van der Waals surface area contributed by atoms with Crippen molar-refractivity contribution in [2.45, 2.75) is 76.0 Å². The van der Waals surface area contributed by atoms with Crippen LogP contribution in [0.15, 0.2) is 0 Å². The fraction of sp³-hybridized carbons (Fsp3) is 1.00. The molecular weight excluding hydrogens is 234 g/mol. The highest BCUT2D eigenvalue weighted by Crippen LogP contribution is 2.37. The van der Waals surface area contributed by atoms with Crippen molar-refractivity contribution < 1.29 is 0 Å². The third-order valence-electron chi connectivity index (χ3n) is 5.75. The third-order valence-corrected chi connectivity index (χ3v) is 5.75. The minimum Gasteiger partial charge on any atom is -0.314 e. The minimum absolute atomic E-state index is 0.674. The molecule has 0 spiro atoms. The summed E-state index contributed by atoms with van der Waals surface area (Å²) in [5.41, 5.74) is 0. The molecule has 2 bridgehead atoms. The lowest BCUT2D eigenvalue weighted by atomic mass is 9.90. The first kappa shape index (κ1) is 13.8. The zero-order valence-electron chi connectivity index (χ0n) is 12.7. The van der Waals surface area contributed by atoms with Crippen LogP contribution in [0.2, 0.25) is 0 Å². The molecule has 0 aliphatic carbocycles. The molecule has 4 atom stereocenters. The Hall–Kier alpha value is -0.120. The number of fused-ring (bicyclic) bond motifs is 2. The summed E-state index contributed by atoms with van der Waals surface area (Å²) >= 11 is 0. The fourth-order valence-corrected chi connectivity index (χ4v) is 4.53. The topological polar surface area (TPSA) is 27.3 Å². The second kappa shape index (κ2) is 6.11. The van der Waals surface area contributed by atoms with E-state index in [4.69, 9.17) is 0 Å². The Balaban J connectivity index is 1.38. The normalized spacial score (nSPS) is 40.7. The van der Waals surface area contributed by atoms with Gasteiger partial charge in [0.05, 0.1) is 0 Å². The van der Waals surface area contributed by atoms with E-state index in [-0.39, 0.29) is 0 Å². The summed E-state index contributed by atoms with van der Waals surface area (Å²) in [7, 11) is 2.33. The van der Waals surface area contributed by atoms with Gasteiger partial charge in [-0.15, -0.1) is 0 Å². The van der Waals surface area contributed by atoms with Gasteiger partial charge >= 0.3 is 0 Å². The van der Waals surface area contributed by atoms with E-state index in [0.29, 0.717) is 6.04 Å². The van der Waals surface area contributed by atoms with Crippen LogP contribution in [0.25, 0.3) is 0 Å². The van der Waals surface area contributed by atoms with Gasteiger partial charge in [-0.25, -0.2) is 0 Å². The van der Waals surface area contributed by atoms with Crippen LogP contribution in [0.1, 0.15) is 51.9 Å². The van der Waals surface area contributed by atoms with Crippen LogP contribution in [-0.2, 0) is 0 Å². The lowest BCUT2D eigenvalue weighted by Crippen LogP contribution is -2.44. The molecule has 19 heavy (non-hydrogen) atoms. The second-order valence-corrected chi connectivity index (χ2v) is 7.23. The van der Waals surface area contributed by atoms with Crippen molar-refractivity contribution in [3.63, 3.8) is 0 Å². The van der Waals surface area contributed by atoms with Crippen molar-refractivity contribution in [1.82, 2.24) is 15.5 Å². The Morgan fingerprint density at radius 2 is 1.95 bits per heavy atom. The predicted molar refractivity (Wildman–Crippen MR) is 80.4 cm³/mol. The van der Waals surface area contributed by atoms with Gasteiger partial charge < -0.3 is 15.5 Å². The van der Waals surface area contributed by atoms with E-state index in [1.807, 2.05) is 0 Å². The van der Waals surface area contributed by atoms with E-state index in [0.717, 1.165) is 24.0 Å². The molecule has 0 aromatic carbocycles. The zero-order valence-corrected chi connectivity index (χ0v) is 12.7. The molecule has 3 heteroatoms. The molecule has 2 N–H and O–H groups in total. The molecule has 3 saturated heterocycles. The number of hydrogen-bond acceptors (Lipinski definition) is 3. The average molecular weight is 265 g/mol. The van der Waals surface area contributed by atoms with E-state index in [9.17, 15) is 0 Å². The number of nitrogens with one attached hydrogen (secondary N) is 2. The fourth-order valence-electron chi connectivity index (χ4n) is 4.53. The van der Waals surface area contributed by atoms with Crippen molar-refractivity contribution in [1.29, 1.82) is 0 Å². The Morgan fingerprint density at radius 3 is 2.58 bits per heavy atom. The molecule has 0 radical (unpaired) electrons. The molecule has 4 unspecified atom stereocenters. The predicted octanol–water partition coefficient (Wildman–Crippen LogP) is 1.98. The van der Waals surface area contributed by atoms with Crippen molar-refractivity contribution >= 4 is 0 Å². The highest BCUT2D eigenvalue weighted by Gasteiger charge is 2.38. The van der Waals surface area contributed by atoms with Crippen LogP contribution < -0.4 is 10.6 Å². The van der Waals surface area contributed by atoms with E-state index >= 15 is 0 Å². The zero-order chi connectivity index (χ0) is 13.2. The number of nitrogens with zero attached hydrogens (tertiary/aromatic N) is 1. The molecule has 3 aliphatic rings. The van der Waals surface area contributed by atoms with Crippen LogP contribution in [-0.4, -0.2) is 49.2 Å². The highest BCUT2D eigenvalue weighted by atomic mass is 15.2. The number of hydrogen-bond donors (Lipinski definition) is 2. The summed E-state index contributed by atoms with van der Waals surface area (Å²) in [6, 6.07) is 3.22. The Bertz CT molecular complexity index is 274. The van der Waals surface area contributed by atoms with Gasteiger partial charge in [0, 0.05) is 24.2 Å². The molecule has 3 fully saturated rings. The van der Waals surface area contributed by atoms with Crippen LogP contribution in [0, 0.1) is 5.92 Å². The lowest BCUT2D eigenvalue weighted by molar-refractivity contribution is 0.131. The van der Waals surface area contributed by atoms with Crippen molar-refractivity contribution in [3.05, 3.63) is 0 Å². The van der Waals surface area contributed by atoms with Crippen LogP contribution in [0.4, 0.5) is 0 Å². The smallest absolute Gasteiger partial charge is 0.00988 e. The monoisotopic (exact) mass is 265 g/mol. The van der Waals surface area contributed by atoms with Crippen molar-refractivity contribution in [2.75, 3.05) is 20.1 Å². The first-order valence-electron chi connectivity index (χ1n) is 8.41. The SMILES string of the molecule is CC(CC1CCCN1)NCC1CC2CCC(C1)N2C. The molecule has 3 rings (SSSR count). The average Bonchev–Trinajstić information content (AvgIpc) is 2.94. The summed E-state index contributed by atoms with van der Waals surface area (Å²) in [4.78, 5) is 2.64. The summed E-state index contributed by atoms with van der Waals surface area (Å²) < 4.78 is 0. The van der Waals surface area contributed by atoms with Crippen LogP contribution in [0.5, 0.6) is 0 Å². The van der Waals surface area contributed by atoms with Crippen LogP contribution >= 0.6 is 0 Å². The molecule has 3 nitrogen and oxygen atoms in total. The number of piperidine rings is 1. The van der Waals surface area contributed by atoms with E-state index < -0.39 is 0 Å². The molecule has 0 amide bonds. The standard InChI is InChI=1S/C16H31N3/c1-12(8-14-4-3-7-17-14)18-11-13-9-15-5-6-16(10-13)19(15)2/h12-18H,3-11H2,1-2H3. The maximum absolute atomic E-state index is 3.80. The summed E-state index contributed by atoms with van der Waals surface area (Å²) in [6.07, 6.45) is 9.79. The molecule has 0 aromatic rings. The Kier molecular flexibility index (Phi) is 4.45. The van der Waals surface area contributed by atoms with Crippen molar-refractivity contribution in [3.8, 4) is 0 Å². The summed E-state index contributed by atoms with van der Waals surface area (Å²) in [6.45, 7) is 4.84. The first-order chi connectivity index (χ1) is 9.22. The molecule has 3 aliphatic heterocycles. The number of rotatable bonds is 5. The maximum atomic E-state index is 3.80. The largest absolute Gasteiger partial charge is 0.314 e. The second-order valence-electron chi connectivity index (χ2n) is 7.23. The van der Waals surface area contributed by atoms with E-state index in [2.05, 4.69) is 29.5 Å². The van der Waals surface area contributed by atoms with E-state index in [1.54, 1.807) is 0 Å². The van der Waals surface area contributed by atoms with Gasteiger partial charge in [0.25, 0.3) is 0 Å². The third kappa shape index (κ3) is 3.32. The van der Waals surface area contributed by atoms with E-state index in [1.165, 1.54) is 58.0 Å². The minimum atomic E-state index is 0.674. The van der Waals surface area contributed by atoms with Gasteiger partial charge in [-0.1, -0.05) is 0 Å². The van der Waals surface area contributed by atoms with Gasteiger partial charge in [0.2, 0.25) is 0 Å². The van der Waals surface area contributed by atoms with Gasteiger partial charge in [-0.05, 0) is 77.9 Å². The molecule has 0 aromatic heterocycles. The highest BCUT2D eigenvalue weighted by molar-refractivity contribution is 4.94. The Morgan fingerprint density at radius 1 is 1.21 bits per heavy atom. The Labute approximate surface area is 118 Å². The lowest BCUT2D eigenvalue weighted by Gasteiger charge is -2.37. The van der Waals surface area contributed by atoms with Gasteiger partial charge in [-0.2, -0.15) is 0 Å². The van der Waals surface area contributed by atoms with Crippen molar-refractivity contribution in [2.24, 2.45) is 5.92 Å². The molecule has 110 valence electrons. The van der Waals surface area contributed by atoms with Gasteiger partial charge in [0.1, 0.15) is 0 Å². The van der Waals surface area contributed by atoms with Gasteiger partial charge in [0.15, 0.2) is 0 Å². The molecule has 0 saturated carbocycles. The summed E-state index contributed by atoms with van der Waals surface area (Å²) in [5.74, 6) is 0.924. The van der Waals surface area contributed by atoms with Crippen LogP contribution in [0.3, 0.4) is 0 Å². The quantitative estimate of drug-likeness (QED) is 0.796. The first-order valence-corrected chi connectivity index (χ1v) is 8.41. The van der Waals surface area contributed by atoms with Gasteiger partial charge in [-0.3, -0.25) is 0 Å². The molecular formula is C16H31N3.